The highest BCUT2D eigenvalue weighted by atomic mass is 16.1. The number of hydrogen-bond donors (Lipinski definition) is 1. The number of rotatable bonds is 4. The van der Waals surface area contributed by atoms with Crippen molar-refractivity contribution in [2.45, 2.75) is 26.3 Å². The largest absolute Gasteiger partial charge is 0.389 e. The molecule has 0 fully saturated rings. The third kappa shape index (κ3) is 2.22. The summed E-state index contributed by atoms with van der Waals surface area (Å²) in [5.41, 5.74) is 0.776. The van der Waals surface area contributed by atoms with Crippen molar-refractivity contribution in [3.05, 3.63) is 53.1 Å². The lowest BCUT2D eigenvalue weighted by atomic mass is 10.2. The van der Waals surface area contributed by atoms with Crippen molar-refractivity contribution >= 4 is 16.7 Å². The van der Waals surface area contributed by atoms with Crippen LogP contribution in [0.25, 0.3) is 16.7 Å². The number of aromatic nitrogens is 4. The average Bonchev–Trinajstić information content (AvgIpc) is 2.87. The van der Waals surface area contributed by atoms with Gasteiger partial charge in [-0.1, -0.05) is 31.2 Å². The molecule has 5 nitrogen and oxygen atoms in total. The third-order valence-electron chi connectivity index (χ3n) is 3.26. The Morgan fingerprint density at radius 1 is 1.35 bits per heavy atom. The van der Waals surface area contributed by atoms with Crippen molar-refractivity contribution < 1.29 is 4.40 Å². The number of nitrogens with zero attached hydrogens (tertiary/aromatic N) is 3. The molecule has 2 heterocycles. The van der Waals surface area contributed by atoms with Crippen molar-refractivity contribution in [1.82, 2.24) is 14.8 Å². The van der Waals surface area contributed by atoms with Crippen molar-refractivity contribution in [1.29, 1.82) is 0 Å². The predicted octanol–water partition coefficient (Wildman–Crippen LogP) is 1.82. The molecule has 3 rings (SSSR count). The number of nitrogens with one attached hydrogen (secondary N) is 1. The van der Waals surface area contributed by atoms with Gasteiger partial charge in [-0.3, -0.25) is 4.79 Å². The molecule has 0 saturated heterocycles. The molecule has 0 aliphatic carbocycles. The lowest BCUT2D eigenvalue weighted by Gasteiger charge is -1.93. The van der Waals surface area contributed by atoms with Crippen LogP contribution in [0.3, 0.4) is 0 Å². The number of para-hydroxylation sites is 1. The van der Waals surface area contributed by atoms with Crippen LogP contribution in [0, 0.1) is 0 Å². The first-order valence-electron chi connectivity index (χ1n) is 6.84. The lowest BCUT2D eigenvalue weighted by molar-refractivity contribution is -0.485. The molecule has 0 spiro atoms. The van der Waals surface area contributed by atoms with Gasteiger partial charge in [0.1, 0.15) is 5.52 Å². The monoisotopic (exact) mass is 269 g/mol. The molecule has 2 aromatic heterocycles. The van der Waals surface area contributed by atoms with E-state index in [9.17, 15) is 4.79 Å². The van der Waals surface area contributed by atoms with E-state index in [1.54, 1.807) is 0 Å². The molecule has 1 aromatic carbocycles. The molecule has 5 heteroatoms. The van der Waals surface area contributed by atoms with Crippen LogP contribution in [0.4, 0.5) is 0 Å². The molecule has 102 valence electrons. The van der Waals surface area contributed by atoms with Gasteiger partial charge in [0.2, 0.25) is 0 Å². The second kappa shape index (κ2) is 5.28. The highest BCUT2D eigenvalue weighted by molar-refractivity contribution is 5.74. The van der Waals surface area contributed by atoms with Gasteiger partial charge in [0, 0.05) is 5.10 Å². The zero-order chi connectivity index (χ0) is 13.9. The van der Waals surface area contributed by atoms with E-state index in [0.717, 1.165) is 24.9 Å². The number of hydrogen-bond acceptors (Lipinski definition) is 2. The number of benzene rings is 1. The first kappa shape index (κ1) is 12.6. The molecule has 20 heavy (non-hydrogen) atoms. The number of aromatic amines is 1. The van der Waals surface area contributed by atoms with Crippen LogP contribution >= 0.6 is 0 Å². The predicted molar refractivity (Wildman–Crippen MR) is 77.6 cm³/mol. The van der Waals surface area contributed by atoms with Crippen LogP contribution < -0.4 is 9.96 Å². The van der Waals surface area contributed by atoms with Gasteiger partial charge in [0.05, 0.1) is 11.9 Å². The third-order valence-corrected chi connectivity index (χ3v) is 3.26. The molecule has 0 atom stereocenters. The van der Waals surface area contributed by atoms with Gasteiger partial charge in [-0.2, -0.15) is 4.40 Å². The normalized spacial score (nSPS) is 11.8. The number of aryl methyl sites for hydroxylation is 1. The summed E-state index contributed by atoms with van der Waals surface area (Å²) in [6.07, 6.45) is 8.21. The Balaban J connectivity index is 2.04. The van der Waals surface area contributed by atoms with E-state index in [2.05, 4.69) is 29.2 Å². The maximum Gasteiger partial charge on any atom is 0.389 e. The summed E-state index contributed by atoms with van der Waals surface area (Å²) in [6.45, 7) is 2.92. The van der Waals surface area contributed by atoms with Crippen LogP contribution in [0.1, 0.15) is 19.8 Å². The van der Waals surface area contributed by atoms with Crippen LogP contribution in [0.5, 0.6) is 0 Å². The van der Waals surface area contributed by atoms with Gasteiger partial charge in [0.25, 0.3) is 0 Å². The second-order valence-corrected chi connectivity index (χ2v) is 4.71. The number of allylic oxidation sites excluding steroid dienone is 2. The molecular weight excluding hydrogens is 252 g/mol. The fourth-order valence-electron chi connectivity index (χ4n) is 2.29. The molecule has 3 aromatic rings. The Morgan fingerprint density at radius 2 is 2.20 bits per heavy atom. The maximum atomic E-state index is 12.0. The summed E-state index contributed by atoms with van der Waals surface area (Å²) in [4.78, 5) is 14.8. The minimum absolute atomic E-state index is 0.100. The molecule has 1 N–H and O–H groups in total. The van der Waals surface area contributed by atoms with E-state index in [1.165, 1.54) is 0 Å². The van der Waals surface area contributed by atoms with Crippen molar-refractivity contribution in [2.24, 2.45) is 0 Å². The van der Waals surface area contributed by atoms with E-state index < -0.39 is 0 Å². The van der Waals surface area contributed by atoms with Gasteiger partial charge in [-0.15, -0.1) is 4.68 Å². The smallest absolute Gasteiger partial charge is 0.255 e. The Hall–Kier alpha value is -2.43. The first-order chi connectivity index (χ1) is 9.79. The fraction of sp³-hybridized carbons (Fsp3) is 0.267. The van der Waals surface area contributed by atoms with E-state index in [0.29, 0.717) is 11.2 Å². The van der Waals surface area contributed by atoms with Crippen LogP contribution in [0.15, 0.2) is 47.5 Å². The van der Waals surface area contributed by atoms with E-state index >= 15 is 0 Å². The zero-order valence-corrected chi connectivity index (χ0v) is 11.4. The van der Waals surface area contributed by atoms with Crippen molar-refractivity contribution in [3.63, 3.8) is 0 Å². The topological polar surface area (TPSA) is 54.8 Å². The van der Waals surface area contributed by atoms with Gasteiger partial charge in [-0.05, 0) is 25.0 Å². The minimum atomic E-state index is -0.100. The van der Waals surface area contributed by atoms with Crippen molar-refractivity contribution in [3.8, 4) is 0 Å². The molecule has 0 aliphatic rings. The van der Waals surface area contributed by atoms with Gasteiger partial charge in [0.15, 0.2) is 6.33 Å². The minimum Gasteiger partial charge on any atom is -0.255 e. The molecule has 0 unspecified atom stereocenters. The molecule has 0 bridgehead atoms. The SMILES string of the molecule is CCC=CCCn1c[n+]2c(n1)[nH]c(=O)c1ccccc12. The van der Waals surface area contributed by atoms with Crippen LogP contribution in [0.2, 0.25) is 0 Å². The summed E-state index contributed by atoms with van der Waals surface area (Å²) >= 11 is 0. The Morgan fingerprint density at radius 3 is 3.05 bits per heavy atom. The molecule has 0 radical (unpaired) electrons. The fourth-order valence-corrected chi connectivity index (χ4v) is 2.29. The number of fused-ring (bicyclic) bond motifs is 3. The van der Waals surface area contributed by atoms with E-state index in [-0.39, 0.29) is 5.56 Å². The molecule has 0 amide bonds. The average molecular weight is 269 g/mol. The zero-order valence-electron chi connectivity index (χ0n) is 11.4. The van der Waals surface area contributed by atoms with E-state index in [4.69, 9.17) is 0 Å². The van der Waals surface area contributed by atoms with Crippen LogP contribution in [-0.2, 0) is 6.54 Å². The quantitative estimate of drug-likeness (QED) is 0.580. The van der Waals surface area contributed by atoms with Crippen LogP contribution in [-0.4, -0.2) is 14.8 Å². The second-order valence-electron chi connectivity index (χ2n) is 4.71. The summed E-state index contributed by atoms with van der Waals surface area (Å²) in [6, 6.07) is 7.54. The Labute approximate surface area is 116 Å². The highest BCUT2D eigenvalue weighted by Gasteiger charge is 2.13. The maximum absolute atomic E-state index is 12.0. The molecular formula is C15H17N4O+. The Kier molecular flexibility index (Phi) is 3.33. The molecule has 0 aliphatic heterocycles. The Bertz CT molecular complexity index is 829. The van der Waals surface area contributed by atoms with E-state index in [1.807, 2.05) is 39.7 Å². The lowest BCUT2D eigenvalue weighted by Crippen LogP contribution is -2.26. The van der Waals surface area contributed by atoms with Crippen molar-refractivity contribution in [2.75, 3.05) is 0 Å². The highest BCUT2D eigenvalue weighted by Crippen LogP contribution is 2.04. The van der Waals surface area contributed by atoms with Gasteiger partial charge >= 0.3 is 11.3 Å². The standard InChI is InChI=1S/C15H16N4O/c1-2-3-4-7-10-18-11-19-13-9-6-5-8-12(13)14(20)16-15(19)17-18/h3-6,8-9,11H,2,7,10H2,1H3/p+1. The van der Waals surface area contributed by atoms with Gasteiger partial charge < -0.3 is 0 Å². The summed E-state index contributed by atoms with van der Waals surface area (Å²) in [7, 11) is 0. The summed E-state index contributed by atoms with van der Waals surface area (Å²) in [5, 5.41) is 5.09. The summed E-state index contributed by atoms with van der Waals surface area (Å²) in [5.74, 6) is 0.577. The molecule has 0 saturated carbocycles. The number of H-pyrrole nitrogens is 1. The first-order valence-corrected chi connectivity index (χ1v) is 6.84. The summed E-state index contributed by atoms with van der Waals surface area (Å²) < 4.78 is 3.78. The van der Waals surface area contributed by atoms with Gasteiger partial charge in [-0.25, -0.2) is 4.98 Å².